The summed E-state index contributed by atoms with van der Waals surface area (Å²) in [7, 11) is 0. The maximum atomic E-state index is 10.6. The van der Waals surface area contributed by atoms with Gasteiger partial charge < -0.3 is 11.5 Å². The number of nitrogens with zero attached hydrogens (tertiary/aromatic N) is 1. The normalized spacial score (nSPS) is 8.75. The van der Waals surface area contributed by atoms with Crippen LogP contribution in [0.25, 0.3) is 0 Å². The van der Waals surface area contributed by atoms with Crippen molar-refractivity contribution < 1.29 is 0 Å². The van der Waals surface area contributed by atoms with Crippen LogP contribution in [-0.2, 0) is 0 Å². The second-order valence-corrected chi connectivity index (χ2v) is 2.02. The molecule has 0 aliphatic rings. The van der Waals surface area contributed by atoms with E-state index in [0.717, 1.165) is 0 Å². The molecule has 1 aromatic heterocycles. The van der Waals surface area contributed by atoms with Gasteiger partial charge in [0.1, 0.15) is 5.82 Å². The van der Waals surface area contributed by atoms with Crippen molar-refractivity contribution in [3.05, 3.63) is 22.2 Å². The predicted octanol–water partition coefficient (Wildman–Crippen LogP) is -1.34. The molecule has 0 bridgehead atoms. The molecule has 1 heterocycles. The molecule has 1 rings (SSSR count). The van der Waals surface area contributed by atoms with Crippen LogP contribution in [0.2, 0.25) is 0 Å². The van der Waals surface area contributed by atoms with Crippen molar-refractivity contribution in [3.8, 4) is 11.8 Å². The van der Waals surface area contributed by atoms with Gasteiger partial charge in [-0.25, -0.2) is 9.78 Å². The van der Waals surface area contributed by atoms with Gasteiger partial charge in [0, 0.05) is 0 Å². The van der Waals surface area contributed by atoms with Crippen molar-refractivity contribution in [2.45, 2.75) is 0 Å². The lowest BCUT2D eigenvalue weighted by molar-refractivity contribution is 1.08. The molecule has 0 unspecified atom stereocenters. The molecule has 0 amide bonds. The summed E-state index contributed by atoms with van der Waals surface area (Å²) < 4.78 is 0. The first-order valence-corrected chi connectivity index (χ1v) is 3.28. The van der Waals surface area contributed by atoms with E-state index >= 15 is 0 Å². The van der Waals surface area contributed by atoms with E-state index in [9.17, 15) is 4.79 Å². The van der Waals surface area contributed by atoms with Crippen molar-refractivity contribution in [3.63, 3.8) is 0 Å². The molecule has 0 spiro atoms. The molecule has 12 heavy (non-hydrogen) atoms. The van der Waals surface area contributed by atoms with Crippen molar-refractivity contribution in [1.29, 1.82) is 0 Å². The first kappa shape index (κ1) is 8.30. The number of anilines is 1. The lowest BCUT2D eigenvalue weighted by atomic mass is 10.3. The van der Waals surface area contributed by atoms with Crippen LogP contribution in [0, 0.1) is 11.8 Å². The highest BCUT2D eigenvalue weighted by Crippen LogP contribution is 1.99. The fourth-order valence-corrected chi connectivity index (χ4v) is 0.653. The molecule has 0 aliphatic carbocycles. The molecular formula is C7H8N4O. The molecule has 0 saturated heterocycles. The minimum absolute atomic E-state index is 0.218. The molecule has 62 valence electrons. The number of aromatic nitrogens is 2. The van der Waals surface area contributed by atoms with E-state index in [4.69, 9.17) is 11.5 Å². The summed E-state index contributed by atoms with van der Waals surface area (Å²) in [6.45, 7) is 0.249. The number of nitrogens with one attached hydrogen (secondary N) is 1. The van der Waals surface area contributed by atoms with Crippen molar-refractivity contribution in [2.24, 2.45) is 5.73 Å². The minimum Gasteiger partial charge on any atom is -0.384 e. The van der Waals surface area contributed by atoms with Gasteiger partial charge in [0.15, 0.2) is 0 Å². The van der Waals surface area contributed by atoms with Crippen LogP contribution < -0.4 is 17.2 Å². The topological polar surface area (TPSA) is 97.8 Å². The summed E-state index contributed by atoms with van der Waals surface area (Å²) in [4.78, 5) is 16.4. The fraction of sp³-hybridized carbons (Fsp3) is 0.143. The van der Waals surface area contributed by atoms with E-state index in [1.807, 2.05) is 0 Å². The van der Waals surface area contributed by atoms with Crippen molar-refractivity contribution >= 4 is 5.82 Å². The van der Waals surface area contributed by atoms with Crippen LogP contribution in [0.15, 0.2) is 11.0 Å². The van der Waals surface area contributed by atoms with Crippen LogP contribution in [0.5, 0.6) is 0 Å². The third-order valence-corrected chi connectivity index (χ3v) is 1.17. The second kappa shape index (κ2) is 3.55. The van der Waals surface area contributed by atoms with Gasteiger partial charge in [-0.3, -0.25) is 4.98 Å². The monoisotopic (exact) mass is 164 g/mol. The van der Waals surface area contributed by atoms with E-state index in [1.165, 1.54) is 6.20 Å². The summed E-state index contributed by atoms with van der Waals surface area (Å²) in [5.74, 6) is 5.49. The summed E-state index contributed by atoms with van der Waals surface area (Å²) in [5, 5.41) is 0. The van der Waals surface area contributed by atoms with Crippen LogP contribution in [0.4, 0.5) is 5.82 Å². The Bertz CT molecular complexity index is 384. The molecule has 0 aliphatic heterocycles. The van der Waals surface area contributed by atoms with Gasteiger partial charge in [-0.05, 0) is 0 Å². The summed E-state index contributed by atoms with van der Waals surface area (Å²) in [6.07, 6.45) is 1.32. The van der Waals surface area contributed by atoms with Crippen molar-refractivity contribution in [2.75, 3.05) is 12.3 Å². The predicted molar refractivity (Wildman–Crippen MR) is 45.2 cm³/mol. The highest BCUT2D eigenvalue weighted by atomic mass is 16.1. The van der Waals surface area contributed by atoms with Crippen LogP contribution >= 0.6 is 0 Å². The van der Waals surface area contributed by atoms with E-state index in [2.05, 4.69) is 21.8 Å². The average molecular weight is 164 g/mol. The minimum atomic E-state index is -0.481. The van der Waals surface area contributed by atoms with Gasteiger partial charge in [0.05, 0.1) is 18.3 Å². The Morgan fingerprint density at radius 3 is 3.00 bits per heavy atom. The summed E-state index contributed by atoms with van der Waals surface area (Å²) in [6, 6.07) is 0. The molecule has 0 fully saturated rings. The Labute approximate surface area is 68.8 Å². The number of nitrogen functional groups attached to an aromatic ring is 1. The van der Waals surface area contributed by atoms with Gasteiger partial charge in [-0.2, -0.15) is 0 Å². The largest absolute Gasteiger partial charge is 0.384 e. The first-order valence-electron chi connectivity index (χ1n) is 3.28. The fourth-order valence-electron chi connectivity index (χ4n) is 0.653. The van der Waals surface area contributed by atoms with Crippen LogP contribution in [0.3, 0.4) is 0 Å². The molecular weight excluding hydrogens is 156 g/mol. The lowest BCUT2D eigenvalue weighted by Crippen LogP contribution is -2.13. The highest BCUT2D eigenvalue weighted by molar-refractivity contribution is 5.48. The Hall–Kier alpha value is -1.80. The molecule has 5 heteroatoms. The van der Waals surface area contributed by atoms with E-state index in [-0.39, 0.29) is 12.4 Å². The van der Waals surface area contributed by atoms with E-state index < -0.39 is 5.69 Å². The Kier molecular flexibility index (Phi) is 2.46. The summed E-state index contributed by atoms with van der Waals surface area (Å²) in [5.41, 5.74) is 10.6. The maximum Gasteiger partial charge on any atom is 0.346 e. The number of H-pyrrole nitrogens is 1. The molecule has 0 aromatic carbocycles. The zero-order valence-electron chi connectivity index (χ0n) is 6.29. The number of hydrogen-bond donors (Lipinski definition) is 3. The van der Waals surface area contributed by atoms with Gasteiger partial charge in [0.2, 0.25) is 0 Å². The molecule has 5 nitrogen and oxygen atoms in total. The lowest BCUT2D eigenvalue weighted by Gasteiger charge is -1.93. The zero-order chi connectivity index (χ0) is 8.97. The third-order valence-electron chi connectivity index (χ3n) is 1.17. The smallest absolute Gasteiger partial charge is 0.346 e. The van der Waals surface area contributed by atoms with Crippen LogP contribution in [0.1, 0.15) is 5.56 Å². The SMILES string of the molecule is NCC#Cc1cnc(=O)[nH]c1N. The zero-order valence-corrected chi connectivity index (χ0v) is 6.29. The van der Waals surface area contributed by atoms with Crippen molar-refractivity contribution in [1.82, 2.24) is 9.97 Å². The number of hydrogen-bond acceptors (Lipinski definition) is 4. The Morgan fingerprint density at radius 1 is 1.67 bits per heavy atom. The average Bonchev–Trinajstić information content (AvgIpc) is 2.03. The summed E-state index contributed by atoms with van der Waals surface area (Å²) >= 11 is 0. The molecule has 0 radical (unpaired) electrons. The van der Waals surface area contributed by atoms with Crippen LogP contribution in [-0.4, -0.2) is 16.5 Å². The van der Waals surface area contributed by atoms with Gasteiger partial charge in [0.25, 0.3) is 0 Å². The van der Waals surface area contributed by atoms with E-state index in [0.29, 0.717) is 5.56 Å². The first-order chi connectivity index (χ1) is 5.74. The number of nitrogens with two attached hydrogens (primary N) is 2. The Balaban J connectivity index is 3.10. The molecule has 5 N–H and O–H groups in total. The van der Waals surface area contributed by atoms with Gasteiger partial charge >= 0.3 is 5.69 Å². The molecule has 0 atom stereocenters. The number of aromatic amines is 1. The Morgan fingerprint density at radius 2 is 2.42 bits per heavy atom. The van der Waals surface area contributed by atoms with Gasteiger partial charge in [-0.15, -0.1) is 0 Å². The third kappa shape index (κ3) is 1.84. The quantitative estimate of drug-likeness (QED) is 0.413. The maximum absolute atomic E-state index is 10.6. The van der Waals surface area contributed by atoms with E-state index in [1.54, 1.807) is 0 Å². The second-order valence-electron chi connectivity index (χ2n) is 2.02. The molecule has 1 aromatic rings. The highest BCUT2D eigenvalue weighted by Gasteiger charge is 1.94. The molecule has 0 saturated carbocycles. The number of rotatable bonds is 0. The van der Waals surface area contributed by atoms with Gasteiger partial charge in [-0.1, -0.05) is 11.8 Å². The standard InChI is InChI=1S/C7H8N4O/c8-3-1-2-5-4-10-7(12)11-6(5)9/h4H,3,8H2,(H3,9,10,11,12).